The molecule has 6 atom stereocenters. The SMILES string of the molecule is C=C(CC)C(=O)OC1CCCC(NC(=O)C(CC2CCCCC2)N2C(=O)c3cc(Oc4ccc(C(C)(C)C)cc4)c4c5c(Oc6ccc(C(C)(C)C)cc6)cc6c7c(cc(Oc8ccc(C(C)(C)C)cc8)c(c8c(Oc9ccc(C(C)(C)C)cc9)cc(c3c48)C2=O)c75)C(=O)N(C(CC2CCCCC2)C(=O)NC2CCCC(OC(=O)C(=C)CC)C2)C6=O)C1. The van der Waals surface area contributed by atoms with E-state index in [0.29, 0.717) is 131 Å². The van der Waals surface area contributed by atoms with Crippen LogP contribution in [0.15, 0.2) is 146 Å². The first kappa shape index (κ1) is 86.1. The maximum absolute atomic E-state index is 17.0. The van der Waals surface area contributed by atoms with E-state index in [1.165, 1.54) is 0 Å². The Bertz CT molecular complexity index is 4990. The van der Waals surface area contributed by atoms with E-state index in [2.05, 4.69) is 107 Å². The Hall–Kier alpha value is -10.9. The van der Waals surface area contributed by atoms with E-state index < -0.39 is 83.8 Å². The molecule has 122 heavy (non-hydrogen) atoms. The number of nitrogens with zero attached hydrogens (tertiary/aromatic N) is 2. The third kappa shape index (κ3) is 17.6. The van der Waals surface area contributed by atoms with E-state index >= 15 is 28.8 Å². The van der Waals surface area contributed by atoms with Crippen LogP contribution in [0.5, 0.6) is 46.0 Å². The Morgan fingerprint density at radius 1 is 0.361 bits per heavy atom. The number of carbonyl (C=O) groups is 8. The van der Waals surface area contributed by atoms with E-state index in [1.807, 2.05) is 111 Å². The summed E-state index contributed by atoms with van der Waals surface area (Å²) in [6.07, 6.45) is 13.4. The number of ether oxygens (including phenoxy) is 6. The number of hydrogen-bond donors (Lipinski definition) is 2. The van der Waals surface area contributed by atoms with Crippen molar-refractivity contribution in [3.05, 3.63) is 190 Å². The molecule has 15 rings (SSSR count). The molecule has 2 heterocycles. The molecule has 18 heteroatoms. The molecule has 4 saturated carbocycles. The average Bonchev–Trinajstić information content (AvgIpc) is 0.669. The van der Waals surface area contributed by atoms with Gasteiger partial charge in [-0.3, -0.25) is 38.6 Å². The largest absolute Gasteiger partial charge is 0.459 e. The molecule has 0 saturated heterocycles. The van der Waals surface area contributed by atoms with Gasteiger partial charge in [0.25, 0.3) is 23.6 Å². The summed E-state index contributed by atoms with van der Waals surface area (Å²) in [5, 5.41) is 8.98. The first-order valence-corrected chi connectivity index (χ1v) is 44.7. The van der Waals surface area contributed by atoms with Crippen molar-refractivity contribution in [1.82, 2.24) is 20.4 Å². The third-order valence-corrected chi connectivity index (χ3v) is 26.5. The fourth-order valence-corrected chi connectivity index (χ4v) is 19.3. The van der Waals surface area contributed by atoms with Gasteiger partial charge in [-0.25, -0.2) is 9.59 Å². The van der Waals surface area contributed by atoms with Crippen LogP contribution in [0, 0.1) is 11.8 Å². The van der Waals surface area contributed by atoms with Crippen LogP contribution < -0.4 is 29.6 Å². The van der Waals surface area contributed by atoms with Crippen LogP contribution in [0.4, 0.5) is 0 Å². The Morgan fingerprint density at radius 2 is 0.623 bits per heavy atom. The molecule has 640 valence electrons. The van der Waals surface area contributed by atoms with Crippen LogP contribution in [-0.2, 0) is 50.3 Å². The summed E-state index contributed by atoms with van der Waals surface area (Å²) < 4.78 is 42.1. The molecule has 6 amide bonds. The lowest BCUT2D eigenvalue weighted by Gasteiger charge is -2.38. The minimum Gasteiger partial charge on any atom is -0.459 e. The van der Waals surface area contributed by atoms with Crippen LogP contribution in [0.25, 0.3) is 43.1 Å². The molecule has 0 aromatic heterocycles. The van der Waals surface area contributed by atoms with Gasteiger partial charge in [0.15, 0.2) is 0 Å². The summed E-state index contributed by atoms with van der Waals surface area (Å²) >= 11 is 0. The number of amides is 6. The van der Waals surface area contributed by atoms with Crippen LogP contribution in [0.3, 0.4) is 0 Å². The highest BCUT2D eigenvalue weighted by Crippen LogP contribution is 2.59. The highest BCUT2D eigenvalue weighted by Gasteiger charge is 2.49. The molecule has 0 spiro atoms. The molecular weight excluding hydrogens is 1530 g/mol. The highest BCUT2D eigenvalue weighted by molar-refractivity contribution is 6.45. The van der Waals surface area contributed by atoms with Crippen molar-refractivity contribution in [1.29, 1.82) is 0 Å². The average molecular weight is 1650 g/mol. The van der Waals surface area contributed by atoms with E-state index in [1.54, 1.807) is 24.3 Å². The lowest BCUT2D eigenvalue weighted by molar-refractivity contribution is -0.147. The number of nitrogens with one attached hydrogen (secondary N) is 2. The van der Waals surface area contributed by atoms with Crippen molar-refractivity contribution in [2.24, 2.45) is 11.8 Å². The number of benzene rings is 9. The van der Waals surface area contributed by atoms with Gasteiger partial charge in [-0.05, 0) is 193 Å². The summed E-state index contributed by atoms with van der Waals surface area (Å²) in [6, 6.07) is 34.1. The molecule has 2 N–H and O–H groups in total. The van der Waals surface area contributed by atoms with Gasteiger partial charge in [-0.1, -0.05) is 223 Å². The van der Waals surface area contributed by atoms with Crippen molar-refractivity contribution in [2.75, 3.05) is 0 Å². The summed E-state index contributed by atoms with van der Waals surface area (Å²) in [5.41, 5.74) is 3.88. The number of rotatable bonds is 24. The molecule has 0 radical (unpaired) electrons. The molecule has 18 nitrogen and oxygen atoms in total. The quantitative estimate of drug-likeness (QED) is 0.0189. The lowest BCUT2D eigenvalue weighted by Crippen LogP contribution is -2.56. The van der Waals surface area contributed by atoms with Crippen molar-refractivity contribution in [3.8, 4) is 46.0 Å². The van der Waals surface area contributed by atoms with Crippen molar-refractivity contribution in [3.63, 3.8) is 0 Å². The molecule has 4 aliphatic carbocycles. The standard InChI is InChI=1S/C104H120N4O14/c1-17-59(3)99(115)121-73-33-25-31-67(53-73)105-93(109)79(51-61-27-21-19-22-28-61)107-95(111)75-55-81(117-69-43-35-63(36-44-69)101(5,6)7)87-89-83(119-71-47-39-65(40-48-71)103(11,12)13)57-77-86-78(98(114)108(97(77)113)80(52-62-29-23-20-24-30-62)94(110)106-68-32-26-34-74(54-68)122-100(116)60(4)18-2)58-84(120-72-49-41-66(42-50-72)104(14,15)16)90(92(86)89)88-82(56-76(96(107)112)85(75)91(87)88)118-70-45-37-64(38-46-70)102(8,9)10/h35-50,55-58,61-62,67-68,73-74,79-80H,3-4,17-34,51-54H2,1-2,5-16H3,(H,105,109)(H,106,110). The number of carbonyl (C=O) groups excluding carboxylic acids is 8. The Balaban J connectivity index is 1.03. The van der Waals surface area contributed by atoms with Gasteiger partial charge < -0.3 is 39.1 Å². The van der Waals surface area contributed by atoms with E-state index in [9.17, 15) is 9.59 Å². The molecule has 6 aliphatic rings. The van der Waals surface area contributed by atoms with Crippen molar-refractivity contribution < 1.29 is 66.8 Å². The zero-order valence-electron chi connectivity index (χ0n) is 73.7. The first-order chi connectivity index (χ1) is 58.0. The smallest absolute Gasteiger partial charge is 0.333 e. The lowest BCUT2D eigenvalue weighted by atomic mass is 9.79. The number of hydrogen-bond acceptors (Lipinski definition) is 14. The van der Waals surface area contributed by atoms with Gasteiger partial charge in [-0.2, -0.15) is 0 Å². The zero-order chi connectivity index (χ0) is 86.8. The predicted octanol–water partition coefficient (Wildman–Crippen LogP) is 23.8. The number of imide groups is 2. The summed E-state index contributed by atoms with van der Waals surface area (Å²) in [4.78, 5) is 129. The van der Waals surface area contributed by atoms with Gasteiger partial charge in [0.1, 0.15) is 70.3 Å². The summed E-state index contributed by atoms with van der Waals surface area (Å²) in [6.45, 7) is 37.1. The number of fused-ring (bicyclic) bond motifs is 2. The maximum Gasteiger partial charge on any atom is 0.333 e. The molecule has 9 aromatic carbocycles. The second-order valence-electron chi connectivity index (χ2n) is 39.4. The van der Waals surface area contributed by atoms with Gasteiger partial charge in [-0.15, -0.1) is 0 Å². The summed E-state index contributed by atoms with van der Waals surface area (Å²) in [7, 11) is 0. The predicted molar refractivity (Wildman–Crippen MR) is 479 cm³/mol. The van der Waals surface area contributed by atoms with Gasteiger partial charge in [0.05, 0.1) is 22.3 Å². The molecule has 9 aromatic rings. The van der Waals surface area contributed by atoms with Crippen LogP contribution in [-0.4, -0.2) is 93.6 Å². The van der Waals surface area contributed by atoms with Gasteiger partial charge >= 0.3 is 11.9 Å². The first-order valence-electron chi connectivity index (χ1n) is 44.7. The van der Waals surface area contributed by atoms with E-state index in [4.69, 9.17) is 28.4 Å². The van der Waals surface area contributed by atoms with Crippen molar-refractivity contribution in [2.45, 2.75) is 296 Å². The van der Waals surface area contributed by atoms with Gasteiger partial charge in [0, 0.05) is 79.2 Å². The molecule has 0 bridgehead atoms. The topological polar surface area (TPSA) is 222 Å². The van der Waals surface area contributed by atoms with Crippen LogP contribution in [0.1, 0.15) is 302 Å². The Kier molecular flexibility index (Phi) is 24.3. The van der Waals surface area contributed by atoms with E-state index in [-0.39, 0.29) is 102 Å². The second-order valence-corrected chi connectivity index (χ2v) is 39.4. The monoisotopic (exact) mass is 1650 g/mol. The zero-order valence-corrected chi connectivity index (χ0v) is 73.7. The Labute approximate surface area is 717 Å². The molecule has 6 unspecified atom stereocenters. The Morgan fingerprint density at radius 3 is 0.869 bits per heavy atom. The number of esters is 2. The third-order valence-electron chi connectivity index (χ3n) is 26.5. The summed E-state index contributed by atoms with van der Waals surface area (Å²) in [5.74, 6) is -2.99. The van der Waals surface area contributed by atoms with Gasteiger partial charge in [0.2, 0.25) is 11.8 Å². The van der Waals surface area contributed by atoms with Crippen molar-refractivity contribution >= 4 is 90.5 Å². The molecular formula is C104H120N4O14. The minimum absolute atomic E-state index is 0.0292. The normalized spacial score (nSPS) is 19.4. The highest BCUT2D eigenvalue weighted by atomic mass is 16.5. The molecule has 4 fully saturated rings. The fraction of sp³-hybridized carbons (Fsp3) is 0.462. The van der Waals surface area contributed by atoms with Crippen LogP contribution >= 0.6 is 0 Å². The second kappa shape index (κ2) is 34.4. The van der Waals surface area contributed by atoms with Crippen LogP contribution in [0.2, 0.25) is 0 Å². The molecule has 2 aliphatic heterocycles. The fourth-order valence-electron chi connectivity index (χ4n) is 19.3. The maximum atomic E-state index is 17.0. The minimum atomic E-state index is -1.32. The van der Waals surface area contributed by atoms with E-state index in [0.717, 1.165) is 96.3 Å².